The summed E-state index contributed by atoms with van der Waals surface area (Å²) in [5.41, 5.74) is 3.88. The number of amides is 1. The third-order valence-corrected chi connectivity index (χ3v) is 7.61. The molecule has 7 nitrogen and oxygen atoms in total. The van der Waals surface area contributed by atoms with Crippen LogP contribution >= 0.6 is 0 Å². The molecule has 0 unspecified atom stereocenters. The van der Waals surface area contributed by atoms with Gasteiger partial charge in [0.05, 0.1) is 11.6 Å². The van der Waals surface area contributed by atoms with Gasteiger partial charge in [-0.3, -0.25) is 4.79 Å². The summed E-state index contributed by atoms with van der Waals surface area (Å²) in [5.74, 6) is -0.551. The van der Waals surface area contributed by atoms with E-state index in [9.17, 15) is 14.7 Å². The van der Waals surface area contributed by atoms with Crippen molar-refractivity contribution in [2.75, 3.05) is 37.4 Å². The lowest BCUT2D eigenvalue weighted by atomic mass is 9.88. The molecule has 0 aromatic heterocycles. The molecule has 7 heteroatoms. The highest BCUT2D eigenvalue weighted by atomic mass is 16.4. The zero-order chi connectivity index (χ0) is 28.5. The molecule has 1 amide bonds. The van der Waals surface area contributed by atoms with Crippen molar-refractivity contribution in [1.82, 2.24) is 4.58 Å². The Morgan fingerprint density at radius 3 is 2.26 bits per heavy atom. The number of carbonyl (C=O) groups excluding carboxylic acids is 1. The third-order valence-electron chi connectivity index (χ3n) is 7.61. The highest BCUT2D eigenvalue weighted by Gasteiger charge is 2.27. The van der Waals surface area contributed by atoms with E-state index in [4.69, 9.17) is 4.42 Å². The van der Waals surface area contributed by atoms with Gasteiger partial charge in [0, 0.05) is 58.5 Å². The van der Waals surface area contributed by atoms with E-state index >= 15 is 0 Å². The molecule has 0 radical (unpaired) electrons. The Balaban J connectivity index is 2.01. The van der Waals surface area contributed by atoms with Gasteiger partial charge in [0.15, 0.2) is 0 Å². The second-order valence-electron chi connectivity index (χ2n) is 10.7. The number of fused-ring (bicyclic) bond motifs is 2. The van der Waals surface area contributed by atoms with Crippen LogP contribution < -0.4 is 20.1 Å². The molecule has 1 aliphatic heterocycles. The lowest BCUT2D eigenvalue weighted by molar-refractivity contribution is -0.124. The number of hydrogen-bond acceptors (Lipinski definition) is 4. The van der Waals surface area contributed by atoms with Crippen LogP contribution in [0.3, 0.4) is 0 Å². The van der Waals surface area contributed by atoms with E-state index in [0.717, 1.165) is 40.6 Å². The van der Waals surface area contributed by atoms with E-state index in [1.807, 2.05) is 69.8 Å². The molecule has 2 aromatic rings. The molecule has 0 bridgehead atoms. The fourth-order valence-corrected chi connectivity index (χ4v) is 4.70. The van der Waals surface area contributed by atoms with Crippen molar-refractivity contribution >= 4 is 34.2 Å². The van der Waals surface area contributed by atoms with Gasteiger partial charge in [0.2, 0.25) is 11.3 Å². The number of carboxylic acid groups (broad SMARTS) is 1. The van der Waals surface area contributed by atoms with Crippen LogP contribution in [0.15, 0.2) is 59.0 Å². The summed E-state index contributed by atoms with van der Waals surface area (Å²) in [6.07, 6.45) is 0.665. The van der Waals surface area contributed by atoms with E-state index in [0.29, 0.717) is 29.0 Å². The third kappa shape index (κ3) is 5.39. The largest absolute Gasteiger partial charge is 0.478 e. The van der Waals surface area contributed by atoms with Crippen molar-refractivity contribution < 1.29 is 19.1 Å². The highest BCUT2D eigenvalue weighted by molar-refractivity contribution is 6.08. The Hall–Kier alpha value is -4.13. The molecule has 39 heavy (non-hydrogen) atoms. The SMILES string of the molecule is CCN(CC)c1ccc2c(-c3ccc(NC(=O)C(C)(C)CC)cc3C(=O)O)c3ccc(=[N+](C)C)cc-3oc2c1. The molecular weight excluding hydrogens is 490 g/mol. The summed E-state index contributed by atoms with van der Waals surface area (Å²) < 4.78 is 8.45. The first kappa shape index (κ1) is 27.9. The van der Waals surface area contributed by atoms with Crippen LogP contribution in [-0.2, 0) is 4.79 Å². The molecule has 0 atom stereocenters. The minimum Gasteiger partial charge on any atom is -0.478 e. The van der Waals surface area contributed by atoms with Crippen LogP contribution in [0.2, 0.25) is 0 Å². The number of nitrogens with one attached hydrogen (secondary N) is 1. The van der Waals surface area contributed by atoms with Crippen LogP contribution in [0, 0.1) is 5.41 Å². The predicted octanol–water partition coefficient (Wildman–Crippen LogP) is 6.16. The number of hydrogen-bond donors (Lipinski definition) is 2. The number of nitrogens with zero attached hydrogens (tertiary/aromatic N) is 2. The first-order valence-corrected chi connectivity index (χ1v) is 13.5. The van der Waals surface area contributed by atoms with Crippen molar-refractivity contribution in [3.05, 3.63) is 65.5 Å². The van der Waals surface area contributed by atoms with Gasteiger partial charge in [0.1, 0.15) is 25.4 Å². The van der Waals surface area contributed by atoms with Crippen LogP contribution in [0.5, 0.6) is 0 Å². The lowest BCUT2D eigenvalue weighted by Gasteiger charge is -2.23. The summed E-state index contributed by atoms with van der Waals surface area (Å²) in [7, 11) is 3.94. The van der Waals surface area contributed by atoms with E-state index in [1.54, 1.807) is 18.2 Å². The van der Waals surface area contributed by atoms with Gasteiger partial charge in [-0.25, -0.2) is 9.37 Å². The molecule has 0 saturated heterocycles. The number of rotatable bonds is 8. The molecule has 2 aromatic carbocycles. The first-order valence-electron chi connectivity index (χ1n) is 13.5. The number of anilines is 2. The predicted molar refractivity (Wildman–Crippen MR) is 159 cm³/mol. The molecule has 2 aliphatic rings. The topological polar surface area (TPSA) is 85.8 Å². The number of carbonyl (C=O) groups is 2. The summed E-state index contributed by atoms with van der Waals surface area (Å²) >= 11 is 0. The molecule has 1 aliphatic carbocycles. The van der Waals surface area contributed by atoms with Gasteiger partial charge < -0.3 is 19.7 Å². The standard InChI is InChI=1S/C32H37N3O4/c1-8-32(4,5)31(38)33-20-11-14-23(26(17-20)30(36)37)29-24-15-12-21(34(6)7)18-27(24)39-28-19-22(13-16-25(28)29)35(9-2)10-3/h11-19H,8-10H2,1-7H3,(H,36,37)/p+1. The zero-order valence-electron chi connectivity index (χ0n) is 23.9. The fourth-order valence-electron chi connectivity index (χ4n) is 4.70. The molecule has 4 rings (SSSR count). The fraction of sp³-hybridized carbons (Fsp3) is 0.344. The second kappa shape index (κ2) is 10.9. The molecule has 0 fully saturated rings. The number of benzene rings is 3. The minimum atomic E-state index is -1.07. The summed E-state index contributed by atoms with van der Waals surface area (Å²) in [6.45, 7) is 11.6. The summed E-state index contributed by atoms with van der Waals surface area (Å²) in [5, 5.41) is 15.0. The van der Waals surface area contributed by atoms with Crippen molar-refractivity contribution in [2.24, 2.45) is 5.41 Å². The Morgan fingerprint density at radius 1 is 0.949 bits per heavy atom. The Morgan fingerprint density at radius 2 is 1.64 bits per heavy atom. The molecular formula is C32H38N3O4+. The molecule has 0 saturated carbocycles. The maximum atomic E-state index is 12.8. The van der Waals surface area contributed by atoms with Gasteiger partial charge in [-0.15, -0.1) is 0 Å². The van der Waals surface area contributed by atoms with Gasteiger partial charge in [-0.1, -0.05) is 26.8 Å². The zero-order valence-corrected chi connectivity index (χ0v) is 23.9. The van der Waals surface area contributed by atoms with Crippen LogP contribution in [0.4, 0.5) is 11.4 Å². The van der Waals surface area contributed by atoms with Crippen molar-refractivity contribution in [1.29, 1.82) is 0 Å². The van der Waals surface area contributed by atoms with E-state index in [-0.39, 0.29) is 11.5 Å². The van der Waals surface area contributed by atoms with Crippen LogP contribution in [0.1, 0.15) is 51.4 Å². The maximum absolute atomic E-state index is 12.8. The summed E-state index contributed by atoms with van der Waals surface area (Å²) in [6, 6.07) is 17.1. The van der Waals surface area contributed by atoms with Gasteiger partial charge >= 0.3 is 5.97 Å². The Bertz CT molecular complexity index is 1590. The van der Waals surface area contributed by atoms with Crippen molar-refractivity contribution in [3.8, 4) is 22.5 Å². The minimum absolute atomic E-state index is 0.111. The van der Waals surface area contributed by atoms with Crippen LogP contribution in [-0.4, -0.2) is 44.2 Å². The second-order valence-corrected chi connectivity index (χ2v) is 10.7. The monoisotopic (exact) mass is 528 g/mol. The normalized spacial score (nSPS) is 11.6. The molecule has 2 N–H and O–H groups in total. The molecule has 204 valence electrons. The van der Waals surface area contributed by atoms with Crippen molar-refractivity contribution in [2.45, 2.75) is 41.0 Å². The van der Waals surface area contributed by atoms with Crippen molar-refractivity contribution in [3.63, 3.8) is 0 Å². The average Bonchev–Trinajstić information content (AvgIpc) is 2.91. The first-order chi connectivity index (χ1) is 18.5. The van der Waals surface area contributed by atoms with E-state index in [1.165, 1.54) is 0 Å². The lowest BCUT2D eigenvalue weighted by Crippen LogP contribution is -2.30. The van der Waals surface area contributed by atoms with E-state index in [2.05, 4.69) is 30.1 Å². The summed E-state index contributed by atoms with van der Waals surface area (Å²) in [4.78, 5) is 27.6. The van der Waals surface area contributed by atoms with Gasteiger partial charge in [-0.2, -0.15) is 0 Å². The number of aromatic carboxylic acids is 1. The number of carboxylic acids is 1. The highest BCUT2D eigenvalue weighted by Crippen LogP contribution is 2.42. The van der Waals surface area contributed by atoms with Crippen LogP contribution in [0.25, 0.3) is 33.4 Å². The maximum Gasteiger partial charge on any atom is 0.336 e. The quantitative estimate of drug-likeness (QED) is 0.211. The smallest absolute Gasteiger partial charge is 0.336 e. The van der Waals surface area contributed by atoms with Gasteiger partial charge in [0.25, 0.3) is 0 Å². The molecule has 0 spiro atoms. The Kier molecular flexibility index (Phi) is 7.82. The van der Waals surface area contributed by atoms with Gasteiger partial charge in [-0.05, 0) is 56.2 Å². The van der Waals surface area contributed by atoms with E-state index < -0.39 is 11.4 Å². The average molecular weight is 529 g/mol. The Labute approximate surface area is 229 Å². The molecule has 1 heterocycles.